The summed E-state index contributed by atoms with van der Waals surface area (Å²) in [6.07, 6.45) is -4.71. The van der Waals surface area contributed by atoms with Crippen LogP contribution < -0.4 is 10.1 Å². The Hall–Kier alpha value is -2.56. The molecule has 236 valence electrons. The number of carbonyl (C=O) groups is 1. The maximum atomic E-state index is 13.4. The summed E-state index contributed by atoms with van der Waals surface area (Å²) in [7, 11) is -3.45. The summed E-state index contributed by atoms with van der Waals surface area (Å²) >= 11 is 6.44. The fourth-order valence-electron chi connectivity index (χ4n) is 4.65. The van der Waals surface area contributed by atoms with Gasteiger partial charge in [0.25, 0.3) is 5.91 Å². The van der Waals surface area contributed by atoms with Crippen LogP contribution in [0.1, 0.15) is 61.9 Å². The van der Waals surface area contributed by atoms with Gasteiger partial charge in [-0.2, -0.15) is 22.0 Å². The number of carbonyl (C=O) groups excluding carboxylic acids is 1. The first-order chi connectivity index (χ1) is 19.2. The predicted octanol–water partition coefficient (Wildman–Crippen LogP) is 3.63. The van der Waals surface area contributed by atoms with Gasteiger partial charge in [0.2, 0.25) is 0 Å². The normalized spacial score (nSPS) is 21.9. The van der Waals surface area contributed by atoms with E-state index in [9.17, 15) is 45.4 Å². The number of pyridine rings is 1. The number of aromatic nitrogens is 3. The molecule has 10 nitrogen and oxygen atoms in total. The van der Waals surface area contributed by atoms with Crippen molar-refractivity contribution < 1.29 is 50.1 Å². The van der Waals surface area contributed by atoms with Gasteiger partial charge in [-0.1, -0.05) is 32.4 Å². The van der Waals surface area contributed by atoms with Crippen molar-refractivity contribution in [1.29, 1.82) is 0 Å². The first-order valence-corrected chi connectivity index (χ1v) is 15.2. The SMILES string of the molecule is CCc1nc(C(=O)NC[C@@]2(O)CC[C@H](S(C)(=O)=O)C[C@@H]2O)c(Cl)n1-c1ncc(CC(C)(C)C(F)(F)F)cc1OC(F)F. The molecule has 0 unspecified atom stereocenters. The number of amides is 1. The van der Waals surface area contributed by atoms with Crippen LogP contribution in [-0.4, -0.2) is 81.6 Å². The molecular formula is C25H32ClF5N4O6S. The van der Waals surface area contributed by atoms with Crippen LogP contribution in [0.25, 0.3) is 5.82 Å². The molecule has 0 saturated heterocycles. The van der Waals surface area contributed by atoms with E-state index in [0.717, 1.165) is 36.9 Å². The molecule has 1 aliphatic rings. The summed E-state index contributed by atoms with van der Waals surface area (Å²) in [6.45, 7) is -0.320. The standard InChI is InChI=1S/C25H32ClF5N4O6S/c1-5-17-34-18(21(37)33-12-24(38)7-6-14(9-16(24)36)42(4,39)40)19(26)35(17)20-15(41-22(27)28)8-13(11-32-20)10-23(2,3)25(29,30)31/h8,11,14,16,22,36,38H,5-7,9-10,12H2,1-4H3,(H,33,37)/t14-,16-,24-/m0/s1. The van der Waals surface area contributed by atoms with Crippen LogP contribution in [0.5, 0.6) is 5.75 Å². The third-order valence-corrected chi connectivity index (χ3v) is 9.31. The van der Waals surface area contributed by atoms with E-state index in [1.54, 1.807) is 6.92 Å². The van der Waals surface area contributed by atoms with E-state index in [-0.39, 0.29) is 53.7 Å². The lowest BCUT2D eigenvalue weighted by molar-refractivity contribution is -0.211. The van der Waals surface area contributed by atoms with Crippen LogP contribution in [0.2, 0.25) is 5.15 Å². The number of nitrogens with one attached hydrogen (secondary N) is 1. The average Bonchev–Trinajstić information content (AvgIpc) is 3.18. The number of alkyl halides is 5. The number of halogens is 6. The molecule has 0 aromatic carbocycles. The van der Waals surface area contributed by atoms with E-state index in [1.165, 1.54) is 0 Å². The zero-order valence-corrected chi connectivity index (χ0v) is 24.7. The van der Waals surface area contributed by atoms with Gasteiger partial charge >= 0.3 is 12.8 Å². The van der Waals surface area contributed by atoms with Crippen LogP contribution >= 0.6 is 11.6 Å². The van der Waals surface area contributed by atoms with E-state index >= 15 is 0 Å². The first kappa shape index (κ1) is 33.9. The molecule has 0 bridgehead atoms. The minimum atomic E-state index is -4.59. The molecule has 3 rings (SSSR count). The smallest absolute Gasteiger partial charge is 0.394 e. The van der Waals surface area contributed by atoms with E-state index in [2.05, 4.69) is 20.0 Å². The molecule has 1 amide bonds. The Kier molecular flexibility index (Phi) is 9.86. The summed E-state index contributed by atoms with van der Waals surface area (Å²) in [6, 6.07) is 0.987. The quantitative estimate of drug-likeness (QED) is 0.332. The number of ether oxygens (including phenoxy) is 1. The van der Waals surface area contributed by atoms with Gasteiger partial charge < -0.3 is 20.3 Å². The van der Waals surface area contributed by atoms with Gasteiger partial charge in [-0.3, -0.25) is 9.36 Å². The minimum Gasteiger partial charge on any atom is -0.431 e. The summed E-state index contributed by atoms with van der Waals surface area (Å²) in [5, 5.41) is 22.5. The number of rotatable bonds is 10. The van der Waals surface area contributed by atoms with E-state index in [1.807, 2.05) is 0 Å². The van der Waals surface area contributed by atoms with E-state index < -0.39 is 69.6 Å². The van der Waals surface area contributed by atoms with Crippen molar-refractivity contribution in [1.82, 2.24) is 19.9 Å². The highest BCUT2D eigenvalue weighted by Crippen LogP contribution is 2.41. The summed E-state index contributed by atoms with van der Waals surface area (Å²) < 4.78 is 96.1. The highest BCUT2D eigenvalue weighted by atomic mass is 35.5. The molecule has 2 aromatic rings. The molecule has 1 saturated carbocycles. The second-order valence-corrected chi connectivity index (χ2v) is 13.7. The maximum absolute atomic E-state index is 13.4. The number of aliphatic hydroxyl groups is 2. The molecule has 0 radical (unpaired) electrons. The van der Waals surface area contributed by atoms with Crippen LogP contribution in [-0.2, 0) is 22.7 Å². The van der Waals surface area contributed by atoms with Gasteiger partial charge in [0, 0.05) is 25.4 Å². The molecule has 1 fully saturated rings. The van der Waals surface area contributed by atoms with Crippen LogP contribution in [0, 0.1) is 5.41 Å². The number of imidazole rings is 1. The highest BCUT2D eigenvalue weighted by Gasteiger charge is 2.47. The molecule has 0 aliphatic heterocycles. The molecule has 3 atom stereocenters. The first-order valence-electron chi connectivity index (χ1n) is 12.9. The fourth-order valence-corrected chi connectivity index (χ4v) is 6.04. The zero-order valence-electron chi connectivity index (χ0n) is 23.2. The zero-order chi connectivity index (χ0) is 31.8. The van der Waals surface area contributed by atoms with E-state index in [0.29, 0.717) is 0 Å². The second-order valence-electron chi connectivity index (χ2n) is 11.0. The Morgan fingerprint density at radius 1 is 1.33 bits per heavy atom. The van der Waals surface area contributed by atoms with Crippen LogP contribution in [0.3, 0.4) is 0 Å². The molecule has 17 heteroatoms. The van der Waals surface area contributed by atoms with Crippen molar-refractivity contribution >= 4 is 27.3 Å². The maximum Gasteiger partial charge on any atom is 0.394 e. The summed E-state index contributed by atoms with van der Waals surface area (Å²) in [5.74, 6) is -1.77. The third-order valence-electron chi connectivity index (χ3n) is 7.32. The number of sulfone groups is 1. The number of aryl methyl sites for hydroxylation is 1. The van der Waals surface area contributed by atoms with Gasteiger partial charge in [-0.25, -0.2) is 18.4 Å². The molecule has 2 heterocycles. The van der Waals surface area contributed by atoms with Crippen molar-refractivity contribution in [2.24, 2.45) is 5.41 Å². The summed E-state index contributed by atoms with van der Waals surface area (Å²) in [5.41, 5.74) is -4.46. The molecule has 0 spiro atoms. The Morgan fingerprint density at radius 3 is 2.50 bits per heavy atom. The Morgan fingerprint density at radius 2 is 1.98 bits per heavy atom. The third kappa shape index (κ3) is 7.32. The fraction of sp³-hybridized carbons (Fsp3) is 0.640. The monoisotopic (exact) mass is 646 g/mol. The Labute approximate surface area is 244 Å². The average molecular weight is 647 g/mol. The van der Waals surface area contributed by atoms with Crippen molar-refractivity contribution in [3.05, 3.63) is 34.5 Å². The van der Waals surface area contributed by atoms with Gasteiger partial charge in [-0.15, -0.1) is 0 Å². The number of hydrogen-bond acceptors (Lipinski definition) is 8. The lowest BCUT2D eigenvalue weighted by atomic mass is 9.82. The minimum absolute atomic E-state index is 0.0404. The van der Waals surface area contributed by atoms with Gasteiger partial charge in [0.1, 0.15) is 26.4 Å². The van der Waals surface area contributed by atoms with Crippen molar-refractivity contribution in [3.8, 4) is 11.6 Å². The highest BCUT2D eigenvalue weighted by molar-refractivity contribution is 7.91. The van der Waals surface area contributed by atoms with Crippen molar-refractivity contribution in [2.75, 3.05) is 12.8 Å². The van der Waals surface area contributed by atoms with Gasteiger partial charge in [0.05, 0.1) is 16.8 Å². The molecule has 1 aliphatic carbocycles. The lowest BCUT2D eigenvalue weighted by Gasteiger charge is -2.39. The largest absolute Gasteiger partial charge is 0.431 e. The van der Waals surface area contributed by atoms with Crippen molar-refractivity contribution in [3.63, 3.8) is 0 Å². The second kappa shape index (κ2) is 12.2. The number of aliphatic hydroxyl groups excluding tert-OH is 1. The predicted molar refractivity (Wildman–Crippen MR) is 142 cm³/mol. The molecule has 2 aromatic heterocycles. The molecule has 42 heavy (non-hydrogen) atoms. The van der Waals surface area contributed by atoms with Gasteiger partial charge in [0.15, 0.2) is 17.3 Å². The van der Waals surface area contributed by atoms with E-state index in [4.69, 9.17) is 11.6 Å². The number of hydrogen-bond donors (Lipinski definition) is 3. The molecule has 3 N–H and O–H groups in total. The molecular weight excluding hydrogens is 615 g/mol. The van der Waals surface area contributed by atoms with Gasteiger partial charge in [-0.05, 0) is 37.3 Å². The lowest BCUT2D eigenvalue weighted by Crippen LogP contribution is -2.56. The Balaban J connectivity index is 1.91. The van der Waals surface area contributed by atoms with Crippen LogP contribution in [0.4, 0.5) is 22.0 Å². The topological polar surface area (TPSA) is 144 Å². The van der Waals surface area contributed by atoms with Crippen molar-refractivity contribution in [2.45, 2.75) is 82.6 Å². The Bertz CT molecular complexity index is 1420. The number of nitrogens with zero attached hydrogens (tertiary/aromatic N) is 3. The van der Waals surface area contributed by atoms with Crippen LogP contribution in [0.15, 0.2) is 12.3 Å². The summed E-state index contributed by atoms with van der Waals surface area (Å²) in [4.78, 5) is 21.2.